The molecule has 0 fully saturated rings. The highest BCUT2D eigenvalue weighted by Gasteiger charge is 2.36. The Kier molecular flexibility index (Phi) is 3.18. The molecule has 0 aliphatic carbocycles. The third kappa shape index (κ3) is 2.38. The average Bonchev–Trinajstić information content (AvgIpc) is 2.15. The molecule has 0 spiro atoms. The number of nitrogens with one attached hydrogen (secondary N) is 1. The number of alkyl halides is 3. The molecule has 1 aromatic rings. The van der Waals surface area contributed by atoms with Gasteiger partial charge in [-0.1, -0.05) is 6.07 Å². The lowest BCUT2D eigenvalue weighted by molar-refractivity contribution is -0.384. The summed E-state index contributed by atoms with van der Waals surface area (Å²) in [6, 6.07) is 2.73. The Morgan fingerprint density at radius 2 is 2.00 bits per heavy atom. The zero-order chi connectivity index (χ0) is 11.6. The Hall–Kier alpha value is -1.31. The van der Waals surface area contributed by atoms with Gasteiger partial charge in [0.15, 0.2) is 0 Å². The van der Waals surface area contributed by atoms with E-state index in [2.05, 4.69) is 16.1 Å². The van der Waals surface area contributed by atoms with Gasteiger partial charge in [0.25, 0.3) is 5.69 Å². The van der Waals surface area contributed by atoms with E-state index in [0.717, 1.165) is 18.2 Å². The van der Waals surface area contributed by atoms with Crippen molar-refractivity contribution in [1.82, 2.24) is 0 Å². The van der Waals surface area contributed by atoms with Crippen LogP contribution in [0.2, 0.25) is 0 Å². The van der Waals surface area contributed by atoms with Crippen molar-refractivity contribution >= 4 is 27.5 Å². The molecule has 0 aliphatic rings. The summed E-state index contributed by atoms with van der Waals surface area (Å²) in [6.45, 7) is 0. The summed E-state index contributed by atoms with van der Waals surface area (Å²) >= 11 is 2.57. The molecule has 0 heterocycles. The first-order valence-electron chi connectivity index (χ1n) is 3.59. The lowest BCUT2D eigenvalue weighted by Gasteiger charge is -2.10. The van der Waals surface area contributed by atoms with Crippen molar-refractivity contribution in [1.29, 1.82) is 0 Å². The fourth-order valence-electron chi connectivity index (χ4n) is 1.03. The second kappa shape index (κ2) is 4.05. The predicted octanol–water partition coefficient (Wildman–Crippen LogP) is 3.34. The Bertz CT molecular complexity index is 394. The van der Waals surface area contributed by atoms with Gasteiger partial charge in [-0.2, -0.15) is 13.2 Å². The van der Waals surface area contributed by atoms with E-state index in [4.69, 9.17) is 0 Å². The molecule has 0 saturated carbocycles. The smallest absolute Gasteiger partial charge is 0.316 e. The lowest BCUT2D eigenvalue weighted by atomic mass is 10.1. The number of benzene rings is 1. The highest BCUT2D eigenvalue weighted by Crippen LogP contribution is 2.39. The quantitative estimate of drug-likeness (QED) is 0.515. The third-order valence-corrected chi connectivity index (χ3v) is 2.04. The van der Waals surface area contributed by atoms with E-state index >= 15 is 0 Å². The van der Waals surface area contributed by atoms with Gasteiger partial charge in [-0.15, -0.1) is 0 Å². The van der Waals surface area contributed by atoms with E-state index in [1.165, 1.54) is 0 Å². The van der Waals surface area contributed by atoms with Gasteiger partial charge in [0, 0.05) is 22.2 Å². The maximum absolute atomic E-state index is 12.4. The maximum atomic E-state index is 12.4. The van der Waals surface area contributed by atoms with Crippen molar-refractivity contribution in [3.63, 3.8) is 0 Å². The van der Waals surface area contributed by atoms with Gasteiger partial charge in [-0.25, -0.2) is 0 Å². The number of nitro groups is 1. The molecule has 1 N–H and O–H groups in total. The van der Waals surface area contributed by atoms with Gasteiger partial charge in [-0.05, 0) is 6.07 Å². The van der Waals surface area contributed by atoms with Gasteiger partial charge in [0.05, 0.1) is 10.5 Å². The molecule has 0 bridgehead atoms. The molecular formula is C7H4BrF3N2O2. The summed E-state index contributed by atoms with van der Waals surface area (Å²) in [5.41, 5.74) is -2.33. The van der Waals surface area contributed by atoms with Crippen LogP contribution in [0.4, 0.5) is 24.5 Å². The SMILES string of the molecule is O=[N+]([O-])c1cccc(C(F)(F)F)c1NBr. The largest absolute Gasteiger partial charge is 0.418 e. The number of anilines is 1. The van der Waals surface area contributed by atoms with E-state index in [0.29, 0.717) is 0 Å². The van der Waals surface area contributed by atoms with Crippen LogP contribution in [0, 0.1) is 10.1 Å². The van der Waals surface area contributed by atoms with Crippen LogP contribution < -0.4 is 4.34 Å². The van der Waals surface area contributed by atoms with E-state index < -0.39 is 28.0 Å². The fourth-order valence-corrected chi connectivity index (χ4v) is 1.44. The first-order chi connectivity index (χ1) is 6.88. The fraction of sp³-hybridized carbons (Fsp3) is 0.143. The topological polar surface area (TPSA) is 55.2 Å². The van der Waals surface area contributed by atoms with E-state index in [9.17, 15) is 23.3 Å². The number of hydrogen-bond donors (Lipinski definition) is 1. The van der Waals surface area contributed by atoms with Crippen molar-refractivity contribution in [3.05, 3.63) is 33.9 Å². The summed E-state index contributed by atoms with van der Waals surface area (Å²) in [7, 11) is 0. The molecule has 1 rings (SSSR count). The predicted molar refractivity (Wildman–Crippen MR) is 50.6 cm³/mol. The van der Waals surface area contributed by atoms with E-state index in [1.807, 2.05) is 4.34 Å². The molecule has 4 nitrogen and oxygen atoms in total. The zero-order valence-electron chi connectivity index (χ0n) is 7.01. The minimum absolute atomic E-state index is 0.602. The highest BCUT2D eigenvalue weighted by molar-refractivity contribution is 9.10. The van der Waals surface area contributed by atoms with Gasteiger partial charge in [0.2, 0.25) is 0 Å². The molecule has 0 amide bonds. The van der Waals surface area contributed by atoms with Gasteiger partial charge in [0.1, 0.15) is 5.69 Å². The monoisotopic (exact) mass is 284 g/mol. The Balaban J connectivity index is 3.42. The Morgan fingerprint density at radius 1 is 1.40 bits per heavy atom. The van der Waals surface area contributed by atoms with Crippen LogP contribution in [-0.2, 0) is 6.18 Å². The minimum atomic E-state index is -4.64. The molecule has 0 saturated heterocycles. The van der Waals surface area contributed by atoms with Crippen LogP contribution in [0.3, 0.4) is 0 Å². The van der Waals surface area contributed by atoms with Gasteiger partial charge < -0.3 is 4.34 Å². The van der Waals surface area contributed by atoms with Crippen LogP contribution in [0.5, 0.6) is 0 Å². The van der Waals surface area contributed by atoms with Crippen molar-refractivity contribution in [2.24, 2.45) is 0 Å². The summed E-state index contributed by atoms with van der Waals surface area (Å²) in [6.07, 6.45) is -4.64. The first kappa shape index (κ1) is 11.8. The number of para-hydroxylation sites is 1. The molecule has 82 valence electrons. The van der Waals surface area contributed by atoms with Crippen LogP contribution in [0.1, 0.15) is 5.56 Å². The Morgan fingerprint density at radius 3 is 2.40 bits per heavy atom. The summed E-state index contributed by atoms with van der Waals surface area (Å²) in [4.78, 5) is 9.55. The third-order valence-electron chi connectivity index (χ3n) is 1.64. The summed E-state index contributed by atoms with van der Waals surface area (Å²) in [5, 5.41) is 10.4. The molecule has 0 radical (unpaired) electrons. The van der Waals surface area contributed by atoms with Crippen LogP contribution in [-0.4, -0.2) is 4.92 Å². The van der Waals surface area contributed by atoms with E-state index in [1.54, 1.807) is 0 Å². The standard InChI is InChI=1S/C7H4BrF3N2O2/c8-12-6-4(7(9,10)11)2-1-3-5(6)13(14)15/h1-3,12H. The molecule has 15 heavy (non-hydrogen) atoms. The molecule has 0 aromatic heterocycles. The van der Waals surface area contributed by atoms with Crippen molar-refractivity contribution < 1.29 is 18.1 Å². The normalized spacial score (nSPS) is 11.2. The molecular weight excluding hydrogens is 281 g/mol. The van der Waals surface area contributed by atoms with Gasteiger partial charge in [-0.3, -0.25) is 10.1 Å². The second-order valence-corrected chi connectivity index (χ2v) is 2.95. The minimum Gasteiger partial charge on any atom is -0.316 e. The second-order valence-electron chi connectivity index (χ2n) is 2.55. The number of hydrogen-bond acceptors (Lipinski definition) is 3. The van der Waals surface area contributed by atoms with E-state index in [-0.39, 0.29) is 0 Å². The number of halogens is 4. The zero-order valence-corrected chi connectivity index (χ0v) is 8.59. The summed E-state index contributed by atoms with van der Waals surface area (Å²) < 4.78 is 39.2. The Labute approximate surface area is 90.6 Å². The lowest BCUT2D eigenvalue weighted by Crippen LogP contribution is -2.08. The maximum Gasteiger partial charge on any atom is 0.418 e. The molecule has 0 unspecified atom stereocenters. The molecule has 0 atom stereocenters. The number of rotatable bonds is 2. The average molecular weight is 285 g/mol. The van der Waals surface area contributed by atoms with Crippen LogP contribution in [0.15, 0.2) is 18.2 Å². The van der Waals surface area contributed by atoms with Crippen LogP contribution >= 0.6 is 16.1 Å². The van der Waals surface area contributed by atoms with Gasteiger partial charge >= 0.3 is 6.18 Å². The highest BCUT2D eigenvalue weighted by atomic mass is 79.9. The molecule has 1 aromatic carbocycles. The summed E-state index contributed by atoms with van der Waals surface area (Å²) in [5.74, 6) is 0. The van der Waals surface area contributed by atoms with Crippen molar-refractivity contribution in [2.75, 3.05) is 4.34 Å². The van der Waals surface area contributed by atoms with Crippen molar-refractivity contribution in [2.45, 2.75) is 6.18 Å². The molecule has 0 aliphatic heterocycles. The first-order valence-corrected chi connectivity index (χ1v) is 4.38. The number of nitrogens with zero attached hydrogens (tertiary/aromatic N) is 1. The van der Waals surface area contributed by atoms with Crippen molar-refractivity contribution in [3.8, 4) is 0 Å². The van der Waals surface area contributed by atoms with Crippen LogP contribution in [0.25, 0.3) is 0 Å². The number of nitro benzene ring substituents is 1. The molecule has 8 heteroatoms.